The third kappa shape index (κ3) is 22.8. The first kappa shape index (κ1) is 44.4. The minimum Gasteiger partial charge on any atom is -0.508 e. The third-order valence-electron chi connectivity index (χ3n) is 7.11. The quantitative estimate of drug-likeness (QED) is 0.0894. The molecule has 0 heterocycles. The summed E-state index contributed by atoms with van der Waals surface area (Å²) in [6, 6.07) is 6.24. The van der Waals surface area contributed by atoms with E-state index in [1.165, 1.54) is 32.1 Å². The topological polar surface area (TPSA) is 191 Å². The van der Waals surface area contributed by atoms with Crippen molar-refractivity contribution in [3.63, 3.8) is 0 Å². The molecular formula is C31H48F6N4O7. The molecule has 1 aromatic rings. The lowest BCUT2D eigenvalue weighted by Crippen LogP contribution is -2.50. The van der Waals surface area contributed by atoms with Gasteiger partial charge in [-0.25, -0.2) is 9.59 Å². The highest BCUT2D eigenvalue weighted by atomic mass is 19.4. The van der Waals surface area contributed by atoms with E-state index in [1.807, 2.05) is 0 Å². The van der Waals surface area contributed by atoms with Crippen molar-refractivity contribution in [3.8, 4) is 5.75 Å². The molecule has 0 aliphatic heterocycles. The summed E-state index contributed by atoms with van der Waals surface area (Å²) in [5.41, 5.74) is 6.40. The van der Waals surface area contributed by atoms with Crippen molar-refractivity contribution in [3.05, 3.63) is 29.8 Å². The Balaban J connectivity index is 0.00000131. The van der Waals surface area contributed by atoms with Crippen LogP contribution in [0.1, 0.15) is 82.6 Å². The summed E-state index contributed by atoms with van der Waals surface area (Å²) in [6.45, 7) is 3.44. The average molecular weight is 703 g/mol. The number of benzene rings is 1. The zero-order valence-corrected chi connectivity index (χ0v) is 26.8. The van der Waals surface area contributed by atoms with Gasteiger partial charge >= 0.3 is 24.3 Å². The van der Waals surface area contributed by atoms with Crippen LogP contribution in [0.4, 0.5) is 26.3 Å². The Morgan fingerprint density at radius 3 is 1.69 bits per heavy atom. The molecule has 0 bridgehead atoms. The van der Waals surface area contributed by atoms with Crippen molar-refractivity contribution >= 4 is 23.8 Å². The van der Waals surface area contributed by atoms with E-state index < -0.39 is 30.3 Å². The highest BCUT2D eigenvalue weighted by Gasteiger charge is 2.39. The number of phenols is 1. The number of carbonyl (C=O) groups excluding carboxylic acids is 2. The van der Waals surface area contributed by atoms with Gasteiger partial charge in [0.15, 0.2) is 0 Å². The van der Waals surface area contributed by atoms with Gasteiger partial charge in [-0.2, -0.15) is 26.3 Å². The van der Waals surface area contributed by atoms with Gasteiger partial charge in [-0.1, -0.05) is 57.1 Å². The van der Waals surface area contributed by atoms with E-state index in [2.05, 4.69) is 16.0 Å². The lowest BCUT2D eigenvalue weighted by Gasteiger charge is -2.24. The summed E-state index contributed by atoms with van der Waals surface area (Å²) in [7, 11) is 0. The summed E-state index contributed by atoms with van der Waals surface area (Å²) >= 11 is 0. The number of aromatic hydroxyl groups is 1. The molecule has 8 N–H and O–H groups in total. The Labute approximate surface area is 276 Å². The molecule has 1 atom stereocenters. The SMILES string of the molecule is NCCCNCCCCCCCCNC(=O)[C@H](Cc1ccc(O)cc1)NC(=O)C1CCCCC1.O=C(O)C(F)(F)F.O=C(O)C(F)(F)F. The van der Waals surface area contributed by atoms with Crippen LogP contribution in [0, 0.1) is 5.92 Å². The summed E-state index contributed by atoms with van der Waals surface area (Å²) < 4.78 is 63.5. The molecular weight excluding hydrogens is 654 g/mol. The van der Waals surface area contributed by atoms with Crippen molar-refractivity contribution in [2.75, 3.05) is 26.2 Å². The Morgan fingerprint density at radius 1 is 0.750 bits per heavy atom. The second kappa shape index (κ2) is 24.5. The minimum atomic E-state index is -5.08. The molecule has 0 aromatic heterocycles. The molecule has 17 heteroatoms. The molecule has 2 rings (SSSR count). The average Bonchev–Trinajstić information content (AvgIpc) is 3.02. The second-order valence-electron chi connectivity index (χ2n) is 11.2. The molecule has 1 fully saturated rings. The number of halogens is 6. The van der Waals surface area contributed by atoms with Gasteiger partial charge in [0, 0.05) is 18.9 Å². The van der Waals surface area contributed by atoms with E-state index in [-0.39, 0.29) is 23.5 Å². The number of phenolic OH excluding ortho intramolecular Hbond substituents is 1. The van der Waals surface area contributed by atoms with Gasteiger partial charge < -0.3 is 37.0 Å². The highest BCUT2D eigenvalue weighted by molar-refractivity contribution is 5.88. The number of amides is 2. The highest BCUT2D eigenvalue weighted by Crippen LogP contribution is 2.24. The van der Waals surface area contributed by atoms with Crippen LogP contribution in [0.5, 0.6) is 5.75 Å². The minimum absolute atomic E-state index is 0.00357. The summed E-state index contributed by atoms with van der Waals surface area (Å²) in [4.78, 5) is 43.5. The van der Waals surface area contributed by atoms with E-state index >= 15 is 0 Å². The van der Waals surface area contributed by atoms with E-state index in [4.69, 9.17) is 25.5 Å². The lowest BCUT2D eigenvalue weighted by molar-refractivity contribution is -0.193. The predicted octanol–water partition coefficient (Wildman–Crippen LogP) is 4.66. The fraction of sp³-hybridized carbons (Fsp3) is 0.677. The molecule has 1 aliphatic rings. The molecule has 0 radical (unpaired) electrons. The number of aliphatic carboxylic acids is 2. The van der Waals surface area contributed by atoms with Gasteiger partial charge in [0.2, 0.25) is 11.8 Å². The second-order valence-corrected chi connectivity index (χ2v) is 11.2. The number of carbonyl (C=O) groups is 4. The number of unbranched alkanes of at least 4 members (excludes halogenated alkanes) is 5. The van der Waals surface area contributed by atoms with Crippen LogP contribution < -0.4 is 21.7 Å². The Bertz CT molecular complexity index is 1040. The van der Waals surface area contributed by atoms with Crippen LogP contribution in [0.3, 0.4) is 0 Å². The number of hydrogen-bond acceptors (Lipinski definition) is 7. The van der Waals surface area contributed by atoms with E-state index in [0.29, 0.717) is 13.0 Å². The third-order valence-corrected chi connectivity index (χ3v) is 7.11. The first-order valence-corrected chi connectivity index (χ1v) is 15.9. The number of rotatable bonds is 17. The standard InChI is InChI=1S/C27H46N4O3.2C2HF3O2/c28-17-10-19-29-18-8-3-1-2-4-9-20-30-27(34)25(21-22-13-15-24(32)16-14-22)31-26(33)23-11-6-5-7-12-23;2*3-2(4,5)1(6)7/h13-16,23,25,29,32H,1-12,17-21,28H2,(H,30,34)(H,31,33);2*(H,6,7)/t25-;;/m0../s1. The number of nitrogens with two attached hydrogens (primary N) is 1. The molecule has 1 aliphatic carbocycles. The Morgan fingerprint density at radius 2 is 1.21 bits per heavy atom. The largest absolute Gasteiger partial charge is 0.508 e. The van der Waals surface area contributed by atoms with E-state index in [9.17, 15) is 41.0 Å². The molecule has 276 valence electrons. The maximum atomic E-state index is 12.9. The molecule has 1 aromatic carbocycles. The van der Waals surface area contributed by atoms with Crippen LogP contribution in [-0.4, -0.2) is 83.6 Å². The van der Waals surface area contributed by atoms with Crippen molar-refractivity contribution < 1.29 is 60.8 Å². The zero-order chi connectivity index (χ0) is 36.6. The zero-order valence-electron chi connectivity index (χ0n) is 26.8. The van der Waals surface area contributed by atoms with E-state index in [1.54, 1.807) is 24.3 Å². The van der Waals surface area contributed by atoms with Gasteiger partial charge in [-0.3, -0.25) is 9.59 Å². The van der Waals surface area contributed by atoms with Gasteiger partial charge in [0.25, 0.3) is 0 Å². The lowest BCUT2D eigenvalue weighted by atomic mass is 9.88. The van der Waals surface area contributed by atoms with Crippen molar-refractivity contribution in [1.29, 1.82) is 0 Å². The number of alkyl halides is 6. The number of hydrogen-bond donors (Lipinski definition) is 7. The van der Waals surface area contributed by atoms with Crippen molar-refractivity contribution in [2.24, 2.45) is 11.7 Å². The number of carboxylic acid groups (broad SMARTS) is 2. The molecule has 1 saturated carbocycles. The van der Waals surface area contributed by atoms with Crippen LogP contribution in [-0.2, 0) is 25.6 Å². The van der Waals surface area contributed by atoms with Gasteiger partial charge in [-0.15, -0.1) is 0 Å². The molecule has 0 unspecified atom stereocenters. The van der Waals surface area contributed by atoms with Gasteiger partial charge in [0.05, 0.1) is 0 Å². The first-order chi connectivity index (χ1) is 22.5. The number of nitrogens with one attached hydrogen (secondary N) is 3. The Kier molecular flexibility index (Phi) is 22.7. The van der Waals surface area contributed by atoms with Crippen LogP contribution in [0.25, 0.3) is 0 Å². The summed E-state index contributed by atoms with van der Waals surface area (Å²) in [5, 5.41) is 33.2. The smallest absolute Gasteiger partial charge is 0.490 e. The van der Waals surface area contributed by atoms with Crippen LogP contribution in [0.15, 0.2) is 24.3 Å². The van der Waals surface area contributed by atoms with Crippen molar-refractivity contribution in [1.82, 2.24) is 16.0 Å². The normalized spacial score (nSPS) is 14.0. The molecule has 0 saturated heterocycles. The van der Waals surface area contributed by atoms with Gasteiger partial charge in [-0.05, 0) is 69.4 Å². The van der Waals surface area contributed by atoms with Crippen molar-refractivity contribution in [2.45, 2.75) is 102 Å². The maximum Gasteiger partial charge on any atom is 0.490 e. The fourth-order valence-electron chi connectivity index (χ4n) is 4.50. The van der Waals surface area contributed by atoms with E-state index in [0.717, 1.165) is 70.1 Å². The molecule has 11 nitrogen and oxygen atoms in total. The molecule has 0 spiro atoms. The van der Waals surface area contributed by atoms with Crippen LogP contribution in [0.2, 0.25) is 0 Å². The molecule has 2 amide bonds. The van der Waals surface area contributed by atoms with Crippen LogP contribution >= 0.6 is 0 Å². The monoisotopic (exact) mass is 702 g/mol. The fourth-order valence-corrected chi connectivity index (χ4v) is 4.50. The Hall–Kier alpha value is -3.60. The maximum absolute atomic E-state index is 12.9. The number of carboxylic acids is 2. The van der Waals surface area contributed by atoms with Gasteiger partial charge in [0.1, 0.15) is 11.8 Å². The summed E-state index contributed by atoms with van der Waals surface area (Å²) in [6.07, 6.45) is 3.30. The predicted molar refractivity (Wildman–Crippen MR) is 165 cm³/mol. The first-order valence-electron chi connectivity index (χ1n) is 15.9. The summed E-state index contributed by atoms with van der Waals surface area (Å²) in [5.74, 6) is -5.43. The molecule has 48 heavy (non-hydrogen) atoms.